The zero-order valence-corrected chi connectivity index (χ0v) is 20.5. The van der Waals surface area contributed by atoms with E-state index in [4.69, 9.17) is 9.56 Å². The van der Waals surface area contributed by atoms with Crippen LogP contribution in [0, 0.1) is 12.8 Å². The third kappa shape index (κ3) is 6.18. The van der Waals surface area contributed by atoms with Gasteiger partial charge in [0.1, 0.15) is 29.7 Å². The minimum Gasteiger partial charge on any atom is -0.455 e. The number of carbonyl (C=O) groups is 1. The van der Waals surface area contributed by atoms with Crippen LogP contribution in [-0.2, 0) is 27.2 Å². The normalized spacial score (nSPS) is 22.1. The van der Waals surface area contributed by atoms with Crippen molar-refractivity contribution in [2.45, 2.75) is 44.3 Å². The highest BCUT2D eigenvalue weighted by Crippen LogP contribution is 2.32. The average Bonchev–Trinajstić information content (AvgIpc) is 3.52. The molecule has 1 aliphatic carbocycles. The van der Waals surface area contributed by atoms with Crippen molar-refractivity contribution in [2.75, 3.05) is 11.9 Å². The first-order valence-corrected chi connectivity index (χ1v) is 12.5. The van der Waals surface area contributed by atoms with E-state index in [0.717, 1.165) is 12.4 Å². The molecule has 4 atom stereocenters. The third-order valence-electron chi connectivity index (χ3n) is 5.99. The summed E-state index contributed by atoms with van der Waals surface area (Å²) in [5.74, 6) is -2.54. The first-order valence-electron chi connectivity index (χ1n) is 11.1. The number of hydrogen-bond donors (Lipinski definition) is 4. The molecule has 1 fully saturated rings. The van der Waals surface area contributed by atoms with E-state index in [0.29, 0.717) is 5.69 Å². The number of hydrogen-bond acceptors (Lipinski definition) is 11. The highest BCUT2D eigenvalue weighted by Gasteiger charge is 2.42. The molecule has 0 radical (unpaired) electrons. The van der Waals surface area contributed by atoms with Crippen LogP contribution in [0.2, 0.25) is 0 Å². The molecule has 38 heavy (non-hydrogen) atoms. The van der Waals surface area contributed by atoms with Gasteiger partial charge in [0.25, 0.3) is 0 Å². The van der Waals surface area contributed by atoms with Crippen molar-refractivity contribution in [3.8, 4) is 0 Å². The number of alkyl halides is 3. The van der Waals surface area contributed by atoms with E-state index in [2.05, 4.69) is 24.6 Å². The molecule has 206 valence electrons. The lowest BCUT2D eigenvalue weighted by Gasteiger charge is -2.19. The fourth-order valence-electron chi connectivity index (χ4n) is 4.08. The smallest absolute Gasteiger partial charge is 0.449 e. The minimum atomic E-state index is -4.63. The van der Waals surface area contributed by atoms with Gasteiger partial charge in [-0.05, 0) is 31.5 Å². The number of aromatic nitrogens is 4. The molecule has 1 aliphatic rings. The van der Waals surface area contributed by atoms with Gasteiger partial charge in [-0.3, -0.25) is 13.7 Å². The molecule has 3 aromatic rings. The fraction of sp³-hybridized carbons (Fsp3) is 0.429. The van der Waals surface area contributed by atoms with Crippen LogP contribution in [0.15, 0.2) is 35.1 Å². The quantitative estimate of drug-likeness (QED) is 0.268. The Morgan fingerprint density at radius 1 is 1.32 bits per heavy atom. The lowest BCUT2D eigenvalue weighted by molar-refractivity contribution is -0.153. The summed E-state index contributed by atoms with van der Waals surface area (Å²) in [7, 11) is -4.25. The highest BCUT2D eigenvalue weighted by atomic mass is 32.2. The second kappa shape index (κ2) is 10.4. The summed E-state index contributed by atoms with van der Waals surface area (Å²) in [5.41, 5.74) is 0.395. The van der Waals surface area contributed by atoms with Gasteiger partial charge in [0.05, 0.1) is 30.9 Å². The topological polar surface area (TPSA) is 196 Å². The fourth-order valence-corrected chi connectivity index (χ4v) is 4.45. The van der Waals surface area contributed by atoms with Gasteiger partial charge < -0.3 is 19.9 Å². The summed E-state index contributed by atoms with van der Waals surface area (Å²) < 4.78 is 71.2. The van der Waals surface area contributed by atoms with E-state index in [-0.39, 0.29) is 35.8 Å². The van der Waals surface area contributed by atoms with Crippen LogP contribution in [-0.4, -0.2) is 69.0 Å². The molecule has 17 heteroatoms. The molecule has 1 saturated carbocycles. The Labute approximate surface area is 213 Å². The van der Waals surface area contributed by atoms with Crippen molar-refractivity contribution in [1.29, 1.82) is 0 Å². The number of aliphatic hydroxyl groups is 2. The van der Waals surface area contributed by atoms with Crippen molar-refractivity contribution in [2.24, 2.45) is 11.1 Å². The van der Waals surface area contributed by atoms with E-state index >= 15 is 0 Å². The first-order chi connectivity index (χ1) is 17.7. The predicted octanol–water partition coefficient (Wildman–Crippen LogP) is 0.615. The second-order valence-corrected chi connectivity index (χ2v) is 9.93. The van der Waals surface area contributed by atoms with Crippen molar-refractivity contribution < 1.29 is 45.2 Å². The van der Waals surface area contributed by atoms with E-state index in [9.17, 15) is 36.6 Å². The summed E-state index contributed by atoms with van der Waals surface area (Å²) in [5, 5.41) is 32.6. The van der Waals surface area contributed by atoms with E-state index in [1.54, 1.807) is 6.92 Å². The zero-order chi connectivity index (χ0) is 27.8. The number of aliphatic hydroxyl groups excluding tert-OH is 2. The number of nitrogens with zero attached hydrogens (tertiary/aromatic N) is 4. The number of nitrogens with one attached hydrogen (secondary N) is 1. The molecular formula is C21H23F3N6O7S. The third-order valence-corrected chi connectivity index (χ3v) is 6.45. The second-order valence-electron chi connectivity index (χ2n) is 8.71. The SMILES string of the molecule is Cc1cc(C(=O)c2cncnc2N[C@@H]2C[C@H](COS(N)(=O)=O)[C@@H](O)[C@H]2O)nn1Cc1ccc(C(F)(F)F)o1. The number of aryl methyl sites for hydroxylation is 1. The summed E-state index contributed by atoms with van der Waals surface area (Å²) in [4.78, 5) is 21.1. The molecule has 13 nitrogen and oxygen atoms in total. The van der Waals surface area contributed by atoms with Gasteiger partial charge in [-0.25, -0.2) is 15.1 Å². The van der Waals surface area contributed by atoms with Crippen LogP contribution < -0.4 is 10.5 Å². The van der Waals surface area contributed by atoms with Crippen LogP contribution in [0.25, 0.3) is 0 Å². The maximum atomic E-state index is 13.2. The number of halogens is 3. The van der Waals surface area contributed by atoms with Gasteiger partial charge >= 0.3 is 16.5 Å². The van der Waals surface area contributed by atoms with Crippen molar-refractivity contribution in [3.05, 3.63) is 59.2 Å². The molecule has 5 N–H and O–H groups in total. The molecule has 0 spiro atoms. The molecule has 4 rings (SSSR count). The van der Waals surface area contributed by atoms with E-state index in [1.165, 1.54) is 23.0 Å². The Morgan fingerprint density at radius 2 is 2.05 bits per heavy atom. The van der Waals surface area contributed by atoms with Crippen LogP contribution >= 0.6 is 0 Å². The number of rotatable bonds is 9. The Morgan fingerprint density at radius 3 is 2.71 bits per heavy atom. The standard InChI is InChI=1S/C21H23F3N6O7S/c1-10-4-15(29-30(10)7-12-2-3-16(37-12)21(22,23)24)18(32)13-6-26-9-27-20(13)28-14-5-11(17(31)19(14)33)8-36-38(25,34)35/h2-4,6,9,11,14,17,19,31,33H,5,7-8H2,1H3,(H2,25,34,35)(H,26,27,28)/t11-,14-,17-,19+/m1/s1. The average molecular weight is 561 g/mol. The molecule has 0 unspecified atom stereocenters. The number of carbonyl (C=O) groups excluding carboxylic acids is 1. The zero-order valence-electron chi connectivity index (χ0n) is 19.7. The van der Waals surface area contributed by atoms with Crippen molar-refractivity contribution in [3.63, 3.8) is 0 Å². The largest absolute Gasteiger partial charge is 0.455 e. The van der Waals surface area contributed by atoms with Gasteiger partial charge in [-0.2, -0.15) is 26.7 Å². The van der Waals surface area contributed by atoms with Crippen LogP contribution in [0.5, 0.6) is 0 Å². The van der Waals surface area contributed by atoms with Gasteiger partial charge in [-0.1, -0.05) is 0 Å². The van der Waals surface area contributed by atoms with Crippen molar-refractivity contribution in [1.82, 2.24) is 19.7 Å². The molecule has 0 bridgehead atoms. The first kappa shape index (κ1) is 27.6. The molecular weight excluding hydrogens is 537 g/mol. The molecule has 3 heterocycles. The van der Waals surface area contributed by atoms with Crippen LogP contribution in [0.1, 0.15) is 39.7 Å². The summed E-state index contributed by atoms with van der Waals surface area (Å²) in [6.45, 7) is 0.999. The van der Waals surface area contributed by atoms with E-state index < -0.39 is 58.8 Å². The lowest BCUT2D eigenvalue weighted by Crippen LogP contribution is -2.36. The number of nitrogens with two attached hydrogens (primary N) is 1. The Hall–Kier alpha value is -3.38. The number of ketones is 1. The molecule has 0 aromatic carbocycles. The molecule has 0 saturated heterocycles. The van der Waals surface area contributed by atoms with Crippen LogP contribution in [0.4, 0.5) is 19.0 Å². The maximum Gasteiger partial charge on any atom is 0.449 e. The summed E-state index contributed by atoms with van der Waals surface area (Å²) in [6.07, 6.45) is -4.89. The summed E-state index contributed by atoms with van der Waals surface area (Å²) >= 11 is 0. The Kier molecular flexibility index (Phi) is 7.57. The Bertz CT molecular complexity index is 1420. The van der Waals surface area contributed by atoms with Gasteiger partial charge in [0.15, 0.2) is 0 Å². The highest BCUT2D eigenvalue weighted by molar-refractivity contribution is 7.84. The van der Waals surface area contributed by atoms with Gasteiger partial charge in [-0.15, -0.1) is 0 Å². The Balaban J connectivity index is 1.50. The van der Waals surface area contributed by atoms with Gasteiger partial charge in [0, 0.05) is 17.8 Å². The lowest BCUT2D eigenvalue weighted by atomic mass is 10.1. The minimum absolute atomic E-state index is 0.0114. The maximum absolute atomic E-state index is 13.2. The van der Waals surface area contributed by atoms with Gasteiger partial charge in [0.2, 0.25) is 11.5 Å². The molecule has 3 aromatic heterocycles. The number of furan rings is 1. The van der Waals surface area contributed by atoms with Crippen LogP contribution in [0.3, 0.4) is 0 Å². The monoisotopic (exact) mass is 560 g/mol. The summed E-state index contributed by atoms with van der Waals surface area (Å²) in [6, 6.07) is 2.57. The van der Waals surface area contributed by atoms with E-state index in [1.807, 2.05) is 0 Å². The molecule has 0 aliphatic heterocycles. The van der Waals surface area contributed by atoms with Crippen molar-refractivity contribution >= 4 is 21.9 Å². The number of anilines is 1. The predicted molar refractivity (Wildman–Crippen MR) is 122 cm³/mol. The molecule has 0 amide bonds.